The van der Waals surface area contributed by atoms with Crippen LogP contribution in [0.2, 0.25) is 5.02 Å². The van der Waals surface area contributed by atoms with Gasteiger partial charge in [0.25, 0.3) is 0 Å². The summed E-state index contributed by atoms with van der Waals surface area (Å²) < 4.78 is 0. The molecule has 1 spiro atoms. The lowest BCUT2D eigenvalue weighted by molar-refractivity contribution is 0.0666. The van der Waals surface area contributed by atoms with E-state index in [9.17, 15) is 14.4 Å². The summed E-state index contributed by atoms with van der Waals surface area (Å²) in [6.45, 7) is 0. The van der Waals surface area contributed by atoms with Crippen molar-refractivity contribution in [3.05, 3.63) is 123 Å². The van der Waals surface area contributed by atoms with Crippen LogP contribution in [0, 0.1) is 5.41 Å². The van der Waals surface area contributed by atoms with Gasteiger partial charge >= 0.3 is 0 Å². The molecule has 2 aromatic carbocycles. The highest BCUT2D eigenvalue weighted by Crippen LogP contribution is 2.61. The zero-order chi connectivity index (χ0) is 25.3. The quantitative estimate of drug-likeness (QED) is 0.240. The normalized spacial score (nSPS) is 22.7. The molecule has 7 heteroatoms. The highest BCUT2D eigenvalue weighted by molar-refractivity contribution is 7.12. The summed E-state index contributed by atoms with van der Waals surface area (Å²) >= 11 is 7.68. The minimum absolute atomic E-state index is 0.126. The van der Waals surface area contributed by atoms with Crippen molar-refractivity contribution >= 4 is 52.1 Å². The number of Topliss-reactive ketones (excluding diaryl/α,β-unsaturated/α-hetero) is 3. The number of hydrogen-bond acceptors (Lipinski definition) is 6. The second kappa shape index (κ2) is 8.07. The lowest BCUT2D eigenvalue weighted by atomic mass is 9.64. The summed E-state index contributed by atoms with van der Waals surface area (Å²) in [6, 6.07) is 18.3. The molecule has 3 unspecified atom stereocenters. The largest absolute Gasteiger partial charge is 0.352 e. The van der Waals surface area contributed by atoms with E-state index in [2.05, 4.69) is 4.98 Å². The first-order valence-electron chi connectivity index (χ1n) is 12.0. The van der Waals surface area contributed by atoms with Crippen LogP contribution in [0.1, 0.15) is 47.4 Å². The number of benzene rings is 2. The van der Waals surface area contributed by atoms with Crippen molar-refractivity contribution in [3.63, 3.8) is 0 Å². The third kappa shape index (κ3) is 2.91. The van der Waals surface area contributed by atoms with E-state index in [0.29, 0.717) is 26.6 Å². The zero-order valence-corrected chi connectivity index (χ0v) is 20.9. The number of ketones is 3. The maximum atomic E-state index is 14.5. The number of thiophene rings is 1. The molecule has 2 aromatic heterocycles. The molecule has 2 aliphatic heterocycles. The van der Waals surface area contributed by atoms with Crippen LogP contribution >= 0.6 is 22.9 Å². The maximum absolute atomic E-state index is 14.5. The Bertz CT molecular complexity index is 1590. The van der Waals surface area contributed by atoms with Crippen molar-refractivity contribution in [2.24, 2.45) is 5.41 Å². The van der Waals surface area contributed by atoms with Crippen molar-refractivity contribution in [2.45, 2.75) is 18.0 Å². The number of halogens is 1. The second-order valence-corrected chi connectivity index (χ2v) is 10.9. The molecule has 180 valence electrons. The molecule has 1 fully saturated rings. The molecule has 0 radical (unpaired) electrons. The standard InChI is InChI=1S/C30H19ClN2O3S/c31-19-10-11-22-17(15-19)9-12-24-30(28(35)20-6-1-2-7-21(20)29(30)36)25(18-5-3-13-32-16-18)26(33(22)24)27(34)23-8-4-14-37-23/h1-16,24-26H. The van der Waals surface area contributed by atoms with Gasteiger partial charge in [-0.15, -0.1) is 11.3 Å². The Morgan fingerprint density at radius 2 is 1.76 bits per heavy atom. The number of anilines is 1. The molecule has 3 aliphatic rings. The van der Waals surface area contributed by atoms with Gasteiger partial charge in [-0.3, -0.25) is 19.4 Å². The van der Waals surface area contributed by atoms with Crippen LogP contribution in [0.25, 0.3) is 6.08 Å². The lowest BCUT2D eigenvalue weighted by Crippen LogP contribution is -2.48. The van der Waals surface area contributed by atoms with Gasteiger partial charge in [-0.25, -0.2) is 0 Å². The SMILES string of the molecule is O=C(c1cccs1)C1C(c2cccnc2)C2(C(=O)c3ccccc3C2=O)C2C=Cc3cc(Cl)ccc3N12. The molecule has 37 heavy (non-hydrogen) atoms. The van der Waals surface area contributed by atoms with Gasteiger partial charge in [-0.2, -0.15) is 0 Å². The smallest absolute Gasteiger partial charge is 0.195 e. The molecule has 1 aliphatic carbocycles. The Morgan fingerprint density at radius 3 is 2.43 bits per heavy atom. The van der Waals surface area contributed by atoms with Gasteiger partial charge in [0, 0.05) is 40.1 Å². The van der Waals surface area contributed by atoms with E-state index < -0.39 is 23.4 Å². The van der Waals surface area contributed by atoms with Gasteiger partial charge in [-0.05, 0) is 46.8 Å². The van der Waals surface area contributed by atoms with Crippen LogP contribution in [0.5, 0.6) is 0 Å². The summed E-state index contributed by atoms with van der Waals surface area (Å²) in [5.74, 6) is -1.38. The molecule has 0 saturated carbocycles. The third-order valence-electron chi connectivity index (χ3n) is 7.84. The Hall–Kier alpha value is -3.87. The van der Waals surface area contributed by atoms with E-state index in [0.717, 1.165) is 11.3 Å². The molecule has 0 bridgehead atoms. The minimum Gasteiger partial charge on any atom is -0.352 e. The molecule has 4 heterocycles. The molecular formula is C30H19ClN2O3S. The molecule has 7 rings (SSSR count). The van der Waals surface area contributed by atoms with Gasteiger partial charge in [0.2, 0.25) is 0 Å². The minimum atomic E-state index is -1.52. The number of nitrogens with zero attached hydrogens (tertiary/aromatic N) is 2. The average molecular weight is 523 g/mol. The Morgan fingerprint density at radius 1 is 0.973 bits per heavy atom. The summed E-state index contributed by atoms with van der Waals surface area (Å²) in [7, 11) is 0. The van der Waals surface area contributed by atoms with Gasteiger partial charge in [-0.1, -0.05) is 60.2 Å². The highest BCUT2D eigenvalue weighted by Gasteiger charge is 2.71. The van der Waals surface area contributed by atoms with Gasteiger partial charge in [0.15, 0.2) is 17.3 Å². The highest BCUT2D eigenvalue weighted by atomic mass is 35.5. The van der Waals surface area contributed by atoms with Crippen molar-refractivity contribution < 1.29 is 14.4 Å². The van der Waals surface area contributed by atoms with E-state index in [1.165, 1.54) is 11.3 Å². The average Bonchev–Trinajstić information content (AvgIpc) is 3.62. The van der Waals surface area contributed by atoms with Gasteiger partial charge in [0.1, 0.15) is 11.5 Å². The van der Waals surface area contributed by atoms with Crippen LogP contribution < -0.4 is 4.90 Å². The van der Waals surface area contributed by atoms with Crippen LogP contribution in [-0.2, 0) is 0 Å². The zero-order valence-electron chi connectivity index (χ0n) is 19.4. The van der Waals surface area contributed by atoms with E-state index in [1.807, 2.05) is 46.7 Å². The fraction of sp³-hybridized carbons (Fsp3) is 0.133. The Kier molecular flexibility index (Phi) is 4.87. The van der Waals surface area contributed by atoms with Crippen LogP contribution in [0.15, 0.2) is 90.6 Å². The van der Waals surface area contributed by atoms with E-state index in [4.69, 9.17) is 11.6 Å². The van der Waals surface area contributed by atoms with Crippen LogP contribution in [-0.4, -0.2) is 34.4 Å². The number of rotatable bonds is 3. The van der Waals surface area contributed by atoms with Crippen molar-refractivity contribution in [3.8, 4) is 0 Å². The Labute approximate surface area is 222 Å². The van der Waals surface area contributed by atoms with E-state index >= 15 is 0 Å². The first-order valence-corrected chi connectivity index (χ1v) is 13.2. The monoisotopic (exact) mass is 522 g/mol. The topological polar surface area (TPSA) is 67.3 Å². The number of aromatic nitrogens is 1. The third-order valence-corrected chi connectivity index (χ3v) is 8.96. The molecule has 3 atom stereocenters. The van der Waals surface area contributed by atoms with E-state index in [-0.39, 0.29) is 17.3 Å². The predicted molar refractivity (Wildman–Crippen MR) is 144 cm³/mol. The summed E-state index contributed by atoms with van der Waals surface area (Å²) in [5.41, 5.74) is 1.59. The lowest BCUT2D eigenvalue weighted by Gasteiger charge is -2.37. The van der Waals surface area contributed by atoms with Crippen LogP contribution in [0.4, 0.5) is 5.69 Å². The Balaban J connectivity index is 1.56. The number of pyridine rings is 1. The number of carbonyl (C=O) groups is 3. The van der Waals surface area contributed by atoms with Crippen LogP contribution in [0.3, 0.4) is 0 Å². The van der Waals surface area contributed by atoms with Crippen molar-refractivity contribution in [2.75, 3.05) is 4.90 Å². The first-order chi connectivity index (χ1) is 18.0. The predicted octanol–water partition coefficient (Wildman–Crippen LogP) is 6.11. The second-order valence-electron chi connectivity index (χ2n) is 9.54. The van der Waals surface area contributed by atoms with Crippen molar-refractivity contribution in [1.82, 2.24) is 4.98 Å². The molecule has 5 nitrogen and oxygen atoms in total. The molecular weight excluding hydrogens is 504 g/mol. The molecule has 0 amide bonds. The fourth-order valence-corrected chi connectivity index (χ4v) is 7.32. The van der Waals surface area contributed by atoms with Gasteiger partial charge in [0.05, 0.1) is 10.9 Å². The maximum Gasteiger partial charge on any atom is 0.195 e. The number of fused-ring (bicyclic) bond motifs is 5. The first kappa shape index (κ1) is 22.3. The summed E-state index contributed by atoms with van der Waals surface area (Å²) in [6.07, 6.45) is 7.13. The van der Waals surface area contributed by atoms with E-state index in [1.54, 1.807) is 54.9 Å². The number of hydrogen-bond donors (Lipinski definition) is 0. The molecule has 0 N–H and O–H groups in total. The molecule has 4 aromatic rings. The summed E-state index contributed by atoms with van der Waals surface area (Å²) in [4.78, 5) is 50.1. The number of carbonyl (C=O) groups excluding carboxylic acids is 3. The summed E-state index contributed by atoms with van der Waals surface area (Å²) in [5, 5.41) is 2.43. The molecule has 1 saturated heterocycles. The van der Waals surface area contributed by atoms with Gasteiger partial charge < -0.3 is 4.90 Å². The fourth-order valence-electron chi connectivity index (χ4n) is 6.45. The van der Waals surface area contributed by atoms with Crippen molar-refractivity contribution in [1.29, 1.82) is 0 Å².